The summed E-state index contributed by atoms with van der Waals surface area (Å²) in [7, 11) is 0. The van der Waals surface area contributed by atoms with Crippen molar-refractivity contribution in [2.75, 3.05) is 0 Å². The summed E-state index contributed by atoms with van der Waals surface area (Å²) in [4.78, 5) is 0. The van der Waals surface area contributed by atoms with Gasteiger partial charge in [-0.2, -0.15) is 0 Å². The summed E-state index contributed by atoms with van der Waals surface area (Å²) < 4.78 is 0. The van der Waals surface area contributed by atoms with Crippen LogP contribution in [0, 0.1) is 0 Å². The Labute approximate surface area is 59.3 Å². The molecule has 5 heavy (non-hydrogen) atoms. The second kappa shape index (κ2) is 18.5. The van der Waals surface area contributed by atoms with Crippen LogP contribution in [-0.4, -0.2) is 37.8 Å². The zero-order chi connectivity index (χ0) is 2.71. The Morgan fingerprint density at radius 3 is 1.20 bits per heavy atom. The van der Waals surface area contributed by atoms with E-state index in [1.807, 2.05) is 0 Å². The minimum atomic E-state index is 0. The van der Waals surface area contributed by atoms with Gasteiger partial charge in [-0.3, -0.25) is 0 Å². The van der Waals surface area contributed by atoms with Crippen molar-refractivity contribution in [1.29, 1.82) is 0 Å². The van der Waals surface area contributed by atoms with Crippen molar-refractivity contribution in [1.82, 2.24) is 0 Å². The molecule has 0 saturated heterocycles. The van der Waals surface area contributed by atoms with Crippen molar-refractivity contribution in [3.05, 3.63) is 0 Å². The maximum Gasteiger partial charge on any atom is 0 e. The number of hydrogen-bond acceptors (Lipinski definition) is 3. The first kappa shape index (κ1) is 16.3. The molecule has 0 saturated carbocycles. The van der Waals surface area contributed by atoms with Crippen molar-refractivity contribution >= 4 is 27.3 Å². The van der Waals surface area contributed by atoms with E-state index in [0.29, 0.717) is 0 Å². The van der Waals surface area contributed by atoms with Crippen LogP contribution in [0.1, 0.15) is 0 Å². The fourth-order valence-corrected chi connectivity index (χ4v) is 0. The van der Waals surface area contributed by atoms with Gasteiger partial charge in [0, 0.05) is 43.8 Å². The molecule has 0 fully saturated rings. The van der Waals surface area contributed by atoms with Gasteiger partial charge in [-0.25, -0.2) is 10.5 Å². The van der Waals surface area contributed by atoms with E-state index in [4.69, 9.17) is 10.5 Å². The largest absolute Gasteiger partial charge is 0.221 e. The molecule has 0 spiro atoms. The van der Waals surface area contributed by atoms with Crippen molar-refractivity contribution < 1.29 is 32.0 Å². The molecule has 0 aliphatic carbocycles. The van der Waals surface area contributed by atoms with Gasteiger partial charge in [0.25, 0.3) is 0 Å². The van der Waals surface area contributed by atoms with Crippen molar-refractivity contribution in [3.8, 4) is 0 Å². The summed E-state index contributed by atoms with van der Waals surface area (Å²) in [5.41, 5.74) is 0. The van der Waals surface area contributed by atoms with E-state index >= 15 is 0 Å². The molecular weight excluding hydrogens is 314 g/mol. The minimum absolute atomic E-state index is 0. The van der Waals surface area contributed by atoms with Gasteiger partial charge in [0.1, 0.15) is 0 Å². The van der Waals surface area contributed by atoms with Crippen molar-refractivity contribution in [2.45, 2.75) is 0 Å². The van der Waals surface area contributed by atoms with Crippen LogP contribution >= 0.6 is 0 Å². The van der Waals surface area contributed by atoms with Crippen LogP contribution < -0.4 is 0 Å². The van der Waals surface area contributed by atoms with Crippen LogP contribution in [-0.2, 0) is 21.5 Å². The molecule has 0 unspecified atom stereocenters. The van der Waals surface area contributed by atoms with E-state index in [2.05, 4.69) is 5.04 Å². The molecule has 34 valence electrons. The third kappa shape index (κ3) is 34.3. The predicted octanol–water partition coefficient (Wildman–Crippen LogP) is -0.434. The summed E-state index contributed by atoms with van der Waals surface area (Å²) >= 11 is 0. The predicted molar refractivity (Wildman–Crippen MR) is 12.1 cm³/mol. The van der Waals surface area contributed by atoms with Crippen LogP contribution in [0.2, 0.25) is 0 Å². The summed E-state index contributed by atoms with van der Waals surface area (Å²) in [6.45, 7) is 0. The van der Waals surface area contributed by atoms with Crippen molar-refractivity contribution in [2.24, 2.45) is 0 Å². The Morgan fingerprint density at radius 2 is 1.20 bits per heavy atom. The standard InChI is InChI=1S/Ni.H2O3.Pb/c;1-3-2;/h;1-2H;. The third-order valence-corrected chi connectivity index (χ3v) is 0. The molecule has 0 rings (SSSR count). The quantitative estimate of drug-likeness (QED) is 0.362. The van der Waals surface area contributed by atoms with Crippen LogP contribution in [0.4, 0.5) is 0 Å². The second-order valence-corrected chi connectivity index (χ2v) is 0.0816. The molecule has 0 aromatic carbocycles. The third-order valence-electron chi connectivity index (χ3n) is 0. The molecule has 5 heteroatoms. The molecule has 0 heterocycles. The first-order valence-corrected chi connectivity index (χ1v) is 0.365. The summed E-state index contributed by atoms with van der Waals surface area (Å²) in [5.74, 6) is 0. The van der Waals surface area contributed by atoms with Crippen LogP contribution in [0.5, 0.6) is 0 Å². The molecule has 2 N–H and O–H groups in total. The van der Waals surface area contributed by atoms with E-state index in [9.17, 15) is 0 Å². The van der Waals surface area contributed by atoms with Gasteiger partial charge in [-0.1, -0.05) is 5.04 Å². The Morgan fingerprint density at radius 1 is 1.20 bits per heavy atom. The maximum absolute atomic E-state index is 6.62. The van der Waals surface area contributed by atoms with Crippen LogP contribution in [0.3, 0.4) is 0 Å². The van der Waals surface area contributed by atoms with E-state index in [1.54, 1.807) is 0 Å². The first-order valence-electron chi connectivity index (χ1n) is 0.365. The molecule has 0 aromatic heterocycles. The number of hydrogen-bond donors (Lipinski definition) is 2. The molecule has 0 bridgehead atoms. The Balaban J connectivity index is -0.0000000200. The van der Waals surface area contributed by atoms with Gasteiger partial charge < -0.3 is 0 Å². The molecule has 0 aliphatic heterocycles. The fraction of sp³-hybridized carbons (Fsp3) is 0. The SMILES string of the molecule is OOO.[Ni].[Pb]. The zero-order valence-corrected chi connectivity index (χ0v) is 6.99. The molecule has 0 atom stereocenters. The first-order chi connectivity index (χ1) is 1.41. The van der Waals surface area contributed by atoms with Crippen LogP contribution in [0.15, 0.2) is 0 Å². The minimum Gasteiger partial charge on any atom is -0.221 e. The molecule has 0 aromatic rings. The Hall–Kier alpha value is 1.30. The fourth-order valence-electron chi connectivity index (χ4n) is 0. The van der Waals surface area contributed by atoms with Crippen LogP contribution in [0.25, 0.3) is 0 Å². The Bertz CT molecular complexity index is 6.85. The Kier molecular flexibility index (Phi) is 60.3. The average Bonchev–Trinajstić information content (AvgIpc) is 0.918. The van der Waals surface area contributed by atoms with Gasteiger partial charge in [0.2, 0.25) is 0 Å². The monoisotopic (exact) mass is 316 g/mol. The summed E-state index contributed by atoms with van der Waals surface area (Å²) in [6, 6.07) is 0. The molecule has 4 radical (unpaired) electrons. The van der Waals surface area contributed by atoms with E-state index in [1.165, 1.54) is 0 Å². The second-order valence-electron chi connectivity index (χ2n) is 0.0816. The van der Waals surface area contributed by atoms with Gasteiger partial charge in [-0.15, -0.1) is 0 Å². The van der Waals surface area contributed by atoms with Crippen molar-refractivity contribution in [3.63, 3.8) is 0 Å². The smallest absolute Gasteiger partial charge is 0 e. The molecule has 3 nitrogen and oxygen atoms in total. The molecular formula is H2NiO3Pb. The normalized spacial score (nSPS) is 3.60. The zero-order valence-electron chi connectivity index (χ0n) is 2.12. The molecule has 0 aliphatic rings. The summed E-state index contributed by atoms with van der Waals surface area (Å²) in [6.07, 6.45) is 0. The van der Waals surface area contributed by atoms with Gasteiger partial charge in [-0.05, 0) is 0 Å². The number of rotatable bonds is 0. The van der Waals surface area contributed by atoms with Gasteiger partial charge >= 0.3 is 0 Å². The maximum atomic E-state index is 6.62. The average molecular weight is 316 g/mol. The van der Waals surface area contributed by atoms with E-state index in [0.717, 1.165) is 0 Å². The summed E-state index contributed by atoms with van der Waals surface area (Å²) in [5, 5.41) is 15.5. The topological polar surface area (TPSA) is 49.7 Å². The van der Waals surface area contributed by atoms with Gasteiger partial charge in [0.05, 0.1) is 0 Å². The van der Waals surface area contributed by atoms with E-state index < -0.39 is 0 Å². The van der Waals surface area contributed by atoms with E-state index in [-0.39, 0.29) is 43.8 Å². The van der Waals surface area contributed by atoms with Gasteiger partial charge in [0.15, 0.2) is 0 Å². The molecule has 0 amide bonds.